The minimum Gasteiger partial charge on any atom is -0.487 e. The SMILES string of the molecule is Cc1cc(COc2ccc(Cl)cc2C(C)O)no1. The highest BCUT2D eigenvalue weighted by Crippen LogP contribution is 2.28. The Morgan fingerprint density at radius 3 is 2.83 bits per heavy atom. The van der Waals surface area contributed by atoms with Crippen molar-refractivity contribution >= 4 is 11.6 Å². The summed E-state index contributed by atoms with van der Waals surface area (Å²) in [5, 5.41) is 14.1. The number of aryl methyl sites for hydroxylation is 1. The van der Waals surface area contributed by atoms with E-state index in [2.05, 4.69) is 5.16 Å². The third-order valence-corrected chi connectivity index (χ3v) is 2.71. The molecule has 1 heterocycles. The minimum absolute atomic E-state index is 0.290. The molecule has 1 unspecified atom stereocenters. The Kier molecular flexibility index (Phi) is 3.89. The zero-order valence-electron chi connectivity index (χ0n) is 10.2. The lowest BCUT2D eigenvalue weighted by Crippen LogP contribution is -2.01. The lowest BCUT2D eigenvalue weighted by molar-refractivity contribution is 0.189. The van der Waals surface area contributed by atoms with Gasteiger partial charge in [-0.2, -0.15) is 0 Å². The first-order valence-corrected chi connectivity index (χ1v) is 5.96. The molecule has 0 amide bonds. The van der Waals surface area contributed by atoms with Crippen LogP contribution in [0, 0.1) is 6.92 Å². The van der Waals surface area contributed by atoms with Gasteiger partial charge in [0.25, 0.3) is 0 Å². The van der Waals surface area contributed by atoms with E-state index in [1.165, 1.54) is 0 Å². The van der Waals surface area contributed by atoms with Crippen molar-refractivity contribution in [1.82, 2.24) is 5.16 Å². The summed E-state index contributed by atoms with van der Waals surface area (Å²) in [6.07, 6.45) is -0.641. The molecule has 1 atom stereocenters. The van der Waals surface area contributed by atoms with Gasteiger partial charge in [0.15, 0.2) is 0 Å². The monoisotopic (exact) mass is 267 g/mol. The molecule has 1 N–H and O–H groups in total. The molecule has 0 saturated carbocycles. The van der Waals surface area contributed by atoms with Gasteiger partial charge < -0.3 is 14.4 Å². The van der Waals surface area contributed by atoms with E-state index in [0.29, 0.717) is 28.6 Å². The predicted octanol–water partition coefficient (Wildman–Crippen LogP) is 3.27. The summed E-state index contributed by atoms with van der Waals surface area (Å²) < 4.78 is 10.6. The topological polar surface area (TPSA) is 55.5 Å². The Bertz CT molecular complexity index is 537. The fourth-order valence-electron chi connectivity index (χ4n) is 1.61. The fourth-order valence-corrected chi connectivity index (χ4v) is 1.80. The van der Waals surface area contributed by atoms with Crippen LogP contribution in [0.3, 0.4) is 0 Å². The van der Waals surface area contributed by atoms with Crippen molar-refractivity contribution in [2.75, 3.05) is 0 Å². The number of hydrogen-bond acceptors (Lipinski definition) is 4. The number of aromatic nitrogens is 1. The van der Waals surface area contributed by atoms with Gasteiger partial charge in [0, 0.05) is 16.7 Å². The average molecular weight is 268 g/mol. The van der Waals surface area contributed by atoms with Gasteiger partial charge in [-0.1, -0.05) is 16.8 Å². The average Bonchev–Trinajstić information content (AvgIpc) is 2.73. The van der Waals surface area contributed by atoms with Crippen molar-refractivity contribution in [3.05, 3.63) is 46.3 Å². The normalized spacial score (nSPS) is 12.4. The molecule has 1 aromatic heterocycles. The molecule has 1 aromatic carbocycles. The number of aliphatic hydroxyl groups is 1. The molecule has 5 heteroatoms. The van der Waals surface area contributed by atoms with Crippen LogP contribution in [0.15, 0.2) is 28.8 Å². The second kappa shape index (κ2) is 5.42. The molecule has 18 heavy (non-hydrogen) atoms. The number of rotatable bonds is 4. The van der Waals surface area contributed by atoms with Crippen LogP contribution >= 0.6 is 11.6 Å². The molecule has 0 aliphatic carbocycles. The van der Waals surface area contributed by atoms with E-state index in [1.807, 2.05) is 6.92 Å². The summed E-state index contributed by atoms with van der Waals surface area (Å²) in [6, 6.07) is 6.95. The highest BCUT2D eigenvalue weighted by Gasteiger charge is 2.11. The molecule has 0 aliphatic heterocycles. The molecule has 0 saturated heterocycles. The number of benzene rings is 1. The number of ether oxygens (including phenoxy) is 1. The molecular formula is C13H14ClNO3. The van der Waals surface area contributed by atoms with Gasteiger partial charge in [0.1, 0.15) is 23.8 Å². The Hall–Kier alpha value is -1.52. The van der Waals surface area contributed by atoms with Crippen LogP contribution in [-0.4, -0.2) is 10.3 Å². The first-order chi connectivity index (χ1) is 8.56. The molecular weight excluding hydrogens is 254 g/mol. The first kappa shape index (κ1) is 12.9. The van der Waals surface area contributed by atoms with E-state index in [0.717, 1.165) is 5.76 Å². The first-order valence-electron chi connectivity index (χ1n) is 5.59. The third kappa shape index (κ3) is 3.03. The van der Waals surface area contributed by atoms with E-state index in [1.54, 1.807) is 31.2 Å². The van der Waals surface area contributed by atoms with Gasteiger partial charge in [-0.25, -0.2) is 0 Å². The Morgan fingerprint density at radius 1 is 1.44 bits per heavy atom. The van der Waals surface area contributed by atoms with Gasteiger partial charge in [0.05, 0.1) is 6.10 Å². The van der Waals surface area contributed by atoms with Gasteiger partial charge in [-0.05, 0) is 32.0 Å². The standard InChI is InChI=1S/C13H14ClNO3/c1-8-5-11(15-18-8)7-17-13-4-3-10(14)6-12(13)9(2)16/h3-6,9,16H,7H2,1-2H3. The molecule has 0 bridgehead atoms. The summed E-state index contributed by atoms with van der Waals surface area (Å²) in [5.74, 6) is 1.33. The molecule has 0 fully saturated rings. The van der Waals surface area contributed by atoms with Crippen LogP contribution in [0.25, 0.3) is 0 Å². The van der Waals surface area contributed by atoms with Crippen molar-refractivity contribution in [2.24, 2.45) is 0 Å². The maximum absolute atomic E-state index is 9.66. The summed E-state index contributed by atoms with van der Waals surface area (Å²) in [6.45, 7) is 3.78. The zero-order valence-corrected chi connectivity index (χ0v) is 10.9. The number of nitrogens with zero attached hydrogens (tertiary/aromatic N) is 1. The fraction of sp³-hybridized carbons (Fsp3) is 0.308. The second-order valence-corrected chi connectivity index (χ2v) is 4.51. The van der Waals surface area contributed by atoms with Crippen LogP contribution in [0.1, 0.15) is 30.0 Å². The molecule has 96 valence electrons. The van der Waals surface area contributed by atoms with E-state index in [4.69, 9.17) is 20.9 Å². The predicted molar refractivity (Wildman–Crippen MR) is 67.7 cm³/mol. The number of halogens is 1. The van der Waals surface area contributed by atoms with Gasteiger partial charge in [0.2, 0.25) is 0 Å². The zero-order chi connectivity index (χ0) is 13.1. The van der Waals surface area contributed by atoms with Crippen molar-refractivity contribution in [3.63, 3.8) is 0 Å². The molecule has 0 radical (unpaired) electrons. The smallest absolute Gasteiger partial charge is 0.134 e. The number of hydrogen-bond donors (Lipinski definition) is 1. The maximum Gasteiger partial charge on any atom is 0.134 e. The van der Waals surface area contributed by atoms with Crippen molar-refractivity contribution < 1.29 is 14.4 Å². The summed E-state index contributed by atoms with van der Waals surface area (Å²) >= 11 is 5.89. The quantitative estimate of drug-likeness (QED) is 0.924. The van der Waals surface area contributed by atoms with E-state index in [9.17, 15) is 5.11 Å². The van der Waals surface area contributed by atoms with E-state index < -0.39 is 6.10 Å². The second-order valence-electron chi connectivity index (χ2n) is 4.08. The molecule has 0 spiro atoms. The Morgan fingerprint density at radius 2 is 2.22 bits per heavy atom. The summed E-state index contributed by atoms with van der Waals surface area (Å²) in [7, 11) is 0. The third-order valence-electron chi connectivity index (χ3n) is 2.47. The van der Waals surface area contributed by atoms with Crippen LogP contribution in [0.5, 0.6) is 5.75 Å². The molecule has 0 aliphatic rings. The highest BCUT2D eigenvalue weighted by molar-refractivity contribution is 6.30. The van der Waals surface area contributed by atoms with E-state index >= 15 is 0 Å². The minimum atomic E-state index is -0.641. The van der Waals surface area contributed by atoms with Gasteiger partial charge in [-0.15, -0.1) is 0 Å². The molecule has 4 nitrogen and oxygen atoms in total. The highest BCUT2D eigenvalue weighted by atomic mass is 35.5. The number of aliphatic hydroxyl groups excluding tert-OH is 1. The van der Waals surface area contributed by atoms with Crippen molar-refractivity contribution in [1.29, 1.82) is 0 Å². The summed E-state index contributed by atoms with van der Waals surface area (Å²) in [5.41, 5.74) is 1.36. The van der Waals surface area contributed by atoms with Gasteiger partial charge >= 0.3 is 0 Å². The lowest BCUT2D eigenvalue weighted by Gasteiger charge is -2.12. The molecule has 2 aromatic rings. The maximum atomic E-state index is 9.66. The van der Waals surface area contributed by atoms with Crippen molar-refractivity contribution in [2.45, 2.75) is 26.6 Å². The summed E-state index contributed by atoms with van der Waals surface area (Å²) in [4.78, 5) is 0. The van der Waals surface area contributed by atoms with Crippen LogP contribution < -0.4 is 4.74 Å². The Labute approximate surface area is 110 Å². The van der Waals surface area contributed by atoms with Crippen LogP contribution in [0.4, 0.5) is 0 Å². The molecule has 2 rings (SSSR count). The van der Waals surface area contributed by atoms with Gasteiger partial charge in [-0.3, -0.25) is 0 Å². The lowest BCUT2D eigenvalue weighted by atomic mass is 10.1. The largest absolute Gasteiger partial charge is 0.487 e. The van der Waals surface area contributed by atoms with E-state index in [-0.39, 0.29) is 0 Å². The van der Waals surface area contributed by atoms with Crippen molar-refractivity contribution in [3.8, 4) is 5.75 Å². The Balaban J connectivity index is 2.13. The van der Waals surface area contributed by atoms with Crippen LogP contribution in [0.2, 0.25) is 5.02 Å². The van der Waals surface area contributed by atoms with Crippen LogP contribution in [-0.2, 0) is 6.61 Å².